The fraction of sp³-hybridized carbons (Fsp3) is 0. The van der Waals surface area contributed by atoms with Crippen molar-refractivity contribution in [1.29, 1.82) is 0 Å². The lowest BCUT2D eigenvalue weighted by molar-refractivity contribution is 1.18. The molecule has 10 aromatic rings. The van der Waals surface area contributed by atoms with Gasteiger partial charge in [0.1, 0.15) is 0 Å². The SMILES string of the molecule is c1ccc(N(c2ccc(-c3ccc4ccc5sc6ccccc6c5c4c3)cc2)c2cccc3c2c2ccccc2n3-c2ccccc2)cc1. The Morgan fingerprint density at radius 2 is 1.06 bits per heavy atom. The molecule has 230 valence electrons. The lowest BCUT2D eigenvalue weighted by Gasteiger charge is -2.26. The van der Waals surface area contributed by atoms with E-state index in [1.54, 1.807) is 0 Å². The summed E-state index contributed by atoms with van der Waals surface area (Å²) in [6, 6.07) is 66.1. The third-order valence-corrected chi connectivity index (χ3v) is 10.9. The molecule has 0 aliphatic carbocycles. The Kier molecular flexibility index (Phi) is 6.39. The molecule has 0 saturated carbocycles. The van der Waals surface area contributed by atoms with Crippen LogP contribution in [0.2, 0.25) is 0 Å². The van der Waals surface area contributed by atoms with Gasteiger partial charge in [-0.15, -0.1) is 11.3 Å². The van der Waals surface area contributed by atoms with Gasteiger partial charge in [0.2, 0.25) is 0 Å². The Hall–Kier alpha value is -6.16. The molecular weight excluding hydrogens is 613 g/mol. The monoisotopic (exact) mass is 642 g/mol. The van der Waals surface area contributed by atoms with Gasteiger partial charge in [0.15, 0.2) is 0 Å². The van der Waals surface area contributed by atoms with E-state index >= 15 is 0 Å². The van der Waals surface area contributed by atoms with Gasteiger partial charge in [-0.2, -0.15) is 0 Å². The predicted octanol–water partition coefficient (Wildman–Crippen LogP) is 13.4. The Labute approximate surface area is 288 Å². The van der Waals surface area contributed by atoms with E-state index in [9.17, 15) is 0 Å². The molecule has 0 N–H and O–H groups in total. The van der Waals surface area contributed by atoms with Crippen LogP contribution in [0.3, 0.4) is 0 Å². The number of hydrogen-bond acceptors (Lipinski definition) is 2. The van der Waals surface area contributed by atoms with Crippen molar-refractivity contribution in [3.63, 3.8) is 0 Å². The van der Waals surface area contributed by atoms with E-state index in [0.717, 1.165) is 22.7 Å². The van der Waals surface area contributed by atoms with Crippen molar-refractivity contribution in [2.75, 3.05) is 4.90 Å². The summed E-state index contributed by atoms with van der Waals surface area (Å²) in [5.74, 6) is 0. The summed E-state index contributed by atoms with van der Waals surface area (Å²) < 4.78 is 5.05. The first kappa shape index (κ1) is 27.9. The van der Waals surface area contributed by atoms with E-state index in [-0.39, 0.29) is 0 Å². The quantitative estimate of drug-likeness (QED) is 0.181. The van der Waals surface area contributed by atoms with Crippen molar-refractivity contribution in [2.24, 2.45) is 0 Å². The van der Waals surface area contributed by atoms with Crippen LogP contribution in [0, 0.1) is 0 Å². The van der Waals surface area contributed by atoms with Crippen molar-refractivity contribution in [1.82, 2.24) is 4.57 Å². The van der Waals surface area contributed by atoms with Crippen molar-refractivity contribution in [3.05, 3.63) is 182 Å². The highest BCUT2D eigenvalue weighted by Crippen LogP contribution is 2.44. The first-order chi connectivity index (χ1) is 24.3. The molecule has 2 nitrogen and oxygen atoms in total. The smallest absolute Gasteiger partial charge is 0.0562 e. The minimum Gasteiger partial charge on any atom is -0.310 e. The van der Waals surface area contributed by atoms with Gasteiger partial charge in [-0.25, -0.2) is 0 Å². The molecule has 0 unspecified atom stereocenters. The average molecular weight is 643 g/mol. The number of thiophene rings is 1. The van der Waals surface area contributed by atoms with Crippen LogP contribution in [-0.2, 0) is 0 Å². The second-order valence-corrected chi connectivity index (χ2v) is 13.6. The highest BCUT2D eigenvalue weighted by atomic mass is 32.1. The van der Waals surface area contributed by atoms with Gasteiger partial charge < -0.3 is 9.47 Å². The zero-order valence-corrected chi connectivity index (χ0v) is 27.4. The summed E-state index contributed by atoms with van der Waals surface area (Å²) in [4.78, 5) is 2.40. The summed E-state index contributed by atoms with van der Waals surface area (Å²) >= 11 is 1.87. The molecule has 49 heavy (non-hydrogen) atoms. The molecule has 0 saturated heterocycles. The number of nitrogens with zero attached hydrogens (tertiary/aromatic N) is 2. The number of para-hydroxylation sites is 3. The summed E-state index contributed by atoms with van der Waals surface area (Å²) in [6.45, 7) is 0. The molecular formula is C46H30N2S. The second-order valence-electron chi connectivity index (χ2n) is 12.6. The molecule has 0 fully saturated rings. The van der Waals surface area contributed by atoms with Gasteiger partial charge in [0.05, 0.1) is 16.7 Å². The van der Waals surface area contributed by atoms with E-state index in [1.165, 1.54) is 63.9 Å². The maximum absolute atomic E-state index is 2.40. The fourth-order valence-electron chi connectivity index (χ4n) is 7.57. The van der Waals surface area contributed by atoms with Crippen molar-refractivity contribution < 1.29 is 0 Å². The standard InChI is InChI=1S/C46H30N2S/c1-3-12-34(13-4-1)47(41-19-11-20-42-46(41)37-16-7-9-18-40(37)48(42)35-14-5-2-6-15-35)36-27-24-31(25-28-36)33-23-22-32-26-29-44-45(39(32)30-33)38-17-8-10-21-43(38)49-44/h1-30H. The van der Waals surface area contributed by atoms with Crippen LogP contribution < -0.4 is 4.90 Å². The number of benzene rings is 8. The first-order valence-corrected chi connectivity index (χ1v) is 17.5. The van der Waals surface area contributed by atoms with Crippen molar-refractivity contribution >= 4 is 81.1 Å². The van der Waals surface area contributed by atoms with Gasteiger partial charge in [-0.1, -0.05) is 109 Å². The van der Waals surface area contributed by atoms with Crippen LogP contribution in [-0.4, -0.2) is 4.57 Å². The van der Waals surface area contributed by atoms with Gasteiger partial charge in [-0.3, -0.25) is 0 Å². The third-order valence-electron chi connectivity index (χ3n) is 9.76. The molecule has 0 radical (unpaired) electrons. The molecule has 8 aromatic carbocycles. The molecule has 0 atom stereocenters. The predicted molar refractivity (Wildman–Crippen MR) is 211 cm³/mol. The molecule has 0 spiro atoms. The van der Waals surface area contributed by atoms with Crippen LogP contribution in [0.4, 0.5) is 17.1 Å². The second kappa shape index (κ2) is 11.2. The maximum atomic E-state index is 2.40. The zero-order chi connectivity index (χ0) is 32.3. The van der Waals surface area contributed by atoms with Crippen molar-refractivity contribution in [2.45, 2.75) is 0 Å². The van der Waals surface area contributed by atoms with Crippen LogP contribution in [0.1, 0.15) is 0 Å². The van der Waals surface area contributed by atoms with Crippen LogP contribution in [0.15, 0.2) is 182 Å². The molecule has 0 amide bonds. The van der Waals surface area contributed by atoms with Gasteiger partial charge in [0.25, 0.3) is 0 Å². The van der Waals surface area contributed by atoms with Gasteiger partial charge in [-0.05, 0) is 94.7 Å². The average Bonchev–Trinajstić information content (AvgIpc) is 3.72. The normalized spacial score (nSPS) is 11.7. The van der Waals surface area contributed by atoms with Gasteiger partial charge in [0, 0.05) is 48.0 Å². The fourth-order valence-corrected chi connectivity index (χ4v) is 8.69. The highest BCUT2D eigenvalue weighted by Gasteiger charge is 2.21. The summed E-state index contributed by atoms with van der Waals surface area (Å²) in [7, 11) is 0. The van der Waals surface area contributed by atoms with Crippen LogP contribution in [0.25, 0.3) is 69.6 Å². The van der Waals surface area contributed by atoms with Crippen LogP contribution >= 0.6 is 11.3 Å². The maximum Gasteiger partial charge on any atom is 0.0562 e. The number of anilines is 3. The summed E-state index contributed by atoms with van der Waals surface area (Å²) in [5.41, 5.74) is 9.36. The van der Waals surface area contributed by atoms with E-state index in [1.807, 2.05) is 11.3 Å². The van der Waals surface area contributed by atoms with E-state index < -0.39 is 0 Å². The molecule has 0 aliphatic heterocycles. The van der Waals surface area contributed by atoms with E-state index in [0.29, 0.717) is 0 Å². The van der Waals surface area contributed by atoms with E-state index in [4.69, 9.17) is 0 Å². The highest BCUT2D eigenvalue weighted by molar-refractivity contribution is 7.26. The molecule has 0 aliphatic rings. The summed E-state index contributed by atoms with van der Waals surface area (Å²) in [5, 5.41) is 7.74. The zero-order valence-electron chi connectivity index (χ0n) is 26.6. The Bertz CT molecular complexity index is 2810. The molecule has 10 rings (SSSR count). The lowest BCUT2D eigenvalue weighted by atomic mass is 9.98. The number of aromatic nitrogens is 1. The number of rotatable bonds is 5. The number of hydrogen-bond donors (Lipinski definition) is 0. The van der Waals surface area contributed by atoms with Gasteiger partial charge >= 0.3 is 0 Å². The molecule has 2 aromatic heterocycles. The van der Waals surface area contributed by atoms with Crippen LogP contribution in [0.5, 0.6) is 0 Å². The Morgan fingerprint density at radius 3 is 1.90 bits per heavy atom. The largest absolute Gasteiger partial charge is 0.310 e. The van der Waals surface area contributed by atoms with E-state index in [2.05, 4.69) is 191 Å². The number of fused-ring (bicyclic) bond motifs is 8. The molecule has 2 heterocycles. The molecule has 0 bridgehead atoms. The molecule has 3 heteroatoms. The minimum absolute atomic E-state index is 1.12. The first-order valence-electron chi connectivity index (χ1n) is 16.7. The van der Waals surface area contributed by atoms with Crippen molar-refractivity contribution in [3.8, 4) is 16.8 Å². The lowest BCUT2D eigenvalue weighted by Crippen LogP contribution is -2.10. The minimum atomic E-state index is 1.12. The summed E-state index contributed by atoms with van der Waals surface area (Å²) in [6.07, 6.45) is 0. The Balaban J connectivity index is 1.14. The third kappa shape index (κ3) is 4.47. The topological polar surface area (TPSA) is 8.17 Å². The Morgan fingerprint density at radius 1 is 0.408 bits per heavy atom.